The van der Waals surface area contributed by atoms with Crippen molar-refractivity contribution in [2.24, 2.45) is 0 Å². The minimum absolute atomic E-state index is 0.0629. The maximum atomic E-state index is 9.35. The van der Waals surface area contributed by atoms with E-state index in [0.717, 1.165) is 24.5 Å². The highest BCUT2D eigenvalue weighted by atomic mass is 32.1. The number of aliphatic hydroxyl groups is 1. The summed E-state index contributed by atoms with van der Waals surface area (Å²) in [6, 6.07) is 0. The van der Waals surface area contributed by atoms with Crippen LogP contribution in [0.15, 0.2) is 5.38 Å². The van der Waals surface area contributed by atoms with Crippen molar-refractivity contribution < 1.29 is 5.11 Å². The van der Waals surface area contributed by atoms with Gasteiger partial charge in [0.15, 0.2) is 0 Å². The quantitative estimate of drug-likeness (QED) is 0.854. The molecule has 0 radical (unpaired) electrons. The van der Waals surface area contributed by atoms with Gasteiger partial charge < -0.3 is 5.11 Å². The third-order valence-electron chi connectivity index (χ3n) is 3.93. The first-order valence-corrected chi connectivity index (χ1v) is 6.79. The predicted molar refractivity (Wildman–Crippen MR) is 61.3 cm³/mol. The van der Waals surface area contributed by atoms with Gasteiger partial charge in [0.1, 0.15) is 0 Å². The first-order valence-electron chi connectivity index (χ1n) is 5.91. The molecule has 0 spiro atoms. The zero-order valence-corrected chi connectivity index (χ0v) is 9.72. The Morgan fingerprint density at radius 2 is 2.13 bits per heavy atom. The fourth-order valence-corrected chi connectivity index (χ4v) is 3.65. The Morgan fingerprint density at radius 3 is 2.73 bits per heavy atom. The van der Waals surface area contributed by atoms with Gasteiger partial charge in [-0.3, -0.25) is 0 Å². The van der Waals surface area contributed by atoms with Crippen molar-refractivity contribution >= 4 is 11.3 Å². The van der Waals surface area contributed by atoms with Crippen molar-refractivity contribution in [2.45, 2.75) is 49.9 Å². The average molecular weight is 223 g/mol. The third-order valence-corrected chi connectivity index (χ3v) is 4.93. The molecule has 0 saturated heterocycles. The van der Waals surface area contributed by atoms with Crippen LogP contribution in [0.2, 0.25) is 0 Å². The van der Waals surface area contributed by atoms with Gasteiger partial charge in [0, 0.05) is 16.7 Å². The molecular weight excluding hydrogens is 206 g/mol. The lowest BCUT2D eigenvalue weighted by molar-refractivity contribution is 0.253. The summed E-state index contributed by atoms with van der Waals surface area (Å²) in [6.07, 6.45) is 7.61. The SMILES string of the molecule is OCC1(c2csc(C3CCCC3)n2)CC1. The molecule has 3 rings (SSSR count). The maximum Gasteiger partial charge on any atom is 0.0959 e. The molecule has 0 amide bonds. The number of aliphatic hydroxyl groups excluding tert-OH is 1. The van der Waals surface area contributed by atoms with Crippen molar-refractivity contribution in [3.05, 3.63) is 16.1 Å². The van der Waals surface area contributed by atoms with Gasteiger partial charge in [-0.15, -0.1) is 11.3 Å². The number of thiazole rings is 1. The number of aromatic nitrogens is 1. The van der Waals surface area contributed by atoms with E-state index in [0.29, 0.717) is 0 Å². The molecule has 1 N–H and O–H groups in total. The first kappa shape index (κ1) is 9.79. The second kappa shape index (κ2) is 3.56. The van der Waals surface area contributed by atoms with E-state index in [1.165, 1.54) is 30.7 Å². The molecule has 82 valence electrons. The van der Waals surface area contributed by atoms with E-state index in [1.54, 1.807) is 11.3 Å². The van der Waals surface area contributed by atoms with Gasteiger partial charge in [0.05, 0.1) is 17.3 Å². The normalized spacial score (nSPS) is 24.6. The second-order valence-corrected chi connectivity index (χ2v) is 5.88. The number of hydrogen-bond acceptors (Lipinski definition) is 3. The molecule has 0 unspecified atom stereocenters. The summed E-state index contributed by atoms with van der Waals surface area (Å²) in [5, 5.41) is 12.8. The van der Waals surface area contributed by atoms with Crippen LogP contribution < -0.4 is 0 Å². The molecule has 2 fully saturated rings. The highest BCUT2D eigenvalue weighted by Gasteiger charge is 2.45. The summed E-state index contributed by atoms with van der Waals surface area (Å²) in [7, 11) is 0. The molecule has 2 aliphatic rings. The lowest BCUT2D eigenvalue weighted by Gasteiger charge is -2.07. The molecule has 15 heavy (non-hydrogen) atoms. The van der Waals surface area contributed by atoms with E-state index in [-0.39, 0.29) is 12.0 Å². The van der Waals surface area contributed by atoms with Crippen molar-refractivity contribution in [3.8, 4) is 0 Å². The molecular formula is C12H17NOS. The lowest BCUT2D eigenvalue weighted by Crippen LogP contribution is -2.12. The second-order valence-electron chi connectivity index (χ2n) is 4.99. The fraction of sp³-hybridized carbons (Fsp3) is 0.750. The van der Waals surface area contributed by atoms with Crippen LogP contribution in [0.25, 0.3) is 0 Å². The lowest BCUT2D eigenvalue weighted by atomic mass is 10.1. The van der Waals surface area contributed by atoms with Crippen molar-refractivity contribution in [1.29, 1.82) is 0 Å². The van der Waals surface area contributed by atoms with Crippen LogP contribution in [0, 0.1) is 0 Å². The summed E-state index contributed by atoms with van der Waals surface area (Å²) in [5.74, 6) is 0.721. The van der Waals surface area contributed by atoms with E-state index in [4.69, 9.17) is 4.98 Å². The predicted octanol–water partition coefficient (Wildman–Crippen LogP) is 2.82. The molecule has 2 aliphatic carbocycles. The Morgan fingerprint density at radius 1 is 1.40 bits per heavy atom. The molecule has 3 heteroatoms. The number of nitrogens with zero attached hydrogens (tertiary/aromatic N) is 1. The standard InChI is InChI=1S/C12H17NOS/c14-8-12(5-6-12)10-7-15-11(13-10)9-3-1-2-4-9/h7,9,14H,1-6,8H2. The largest absolute Gasteiger partial charge is 0.395 e. The molecule has 2 saturated carbocycles. The summed E-state index contributed by atoms with van der Waals surface area (Å²) < 4.78 is 0. The van der Waals surface area contributed by atoms with Gasteiger partial charge in [-0.1, -0.05) is 12.8 Å². The van der Waals surface area contributed by atoms with Crippen LogP contribution in [0.1, 0.15) is 55.1 Å². The highest BCUT2D eigenvalue weighted by molar-refractivity contribution is 7.09. The van der Waals surface area contributed by atoms with Gasteiger partial charge >= 0.3 is 0 Å². The summed E-state index contributed by atoms with van der Waals surface area (Å²) in [6.45, 7) is 0.279. The topological polar surface area (TPSA) is 33.1 Å². The monoisotopic (exact) mass is 223 g/mol. The molecule has 0 aliphatic heterocycles. The Bertz CT molecular complexity index is 350. The van der Waals surface area contributed by atoms with E-state index >= 15 is 0 Å². The summed E-state index contributed by atoms with van der Waals surface area (Å²) in [5.41, 5.74) is 1.23. The van der Waals surface area contributed by atoms with Crippen LogP contribution in [-0.2, 0) is 5.41 Å². The zero-order valence-electron chi connectivity index (χ0n) is 8.91. The molecule has 0 atom stereocenters. The smallest absolute Gasteiger partial charge is 0.0959 e. The molecule has 1 aromatic heterocycles. The molecule has 1 aromatic rings. The highest BCUT2D eigenvalue weighted by Crippen LogP contribution is 2.48. The minimum atomic E-state index is 0.0629. The van der Waals surface area contributed by atoms with Gasteiger partial charge in [-0.2, -0.15) is 0 Å². The van der Waals surface area contributed by atoms with Crippen LogP contribution in [0.4, 0.5) is 0 Å². The summed E-state index contributed by atoms with van der Waals surface area (Å²) in [4.78, 5) is 4.76. The molecule has 0 bridgehead atoms. The fourth-order valence-electron chi connectivity index (χ4n) is 2.54. The van der Waals surface area contributed by atoms with Crippen LogP contribution >= 0.6 is 11.3 Å². The van der Waals surface area contributed by atoms with Crippen LogP contribution in [-0.4, -0.2) is 16.7 Å². The average Bonchev–Trinajstić information content (AvgIpc) is 2.74. The van der Waals surface area contributed by atoms with E-state index in [9.17, 15) is 5.11 Å². The molecule has 0 aromatic carbocycles. The van der Waals surface area contributed by atoms with Crippen molar-refractivity contribution in [3.63, 3.8) is 0 Å². The molecule has 2 nitrogen and oxygen atoms in total. The van der Waals surface area contributed by atoms with Gasteiger partial charge in [-0.25, -0.2) is 4.98 Å². The Balaban J connectivity index is 1.81. The zero-order chi connectivity index (χ0) is 10.3. The van der Waals surface area contributed by atoms with E-state index < -0.39 is 0 Å². The third kappa shape index (κ3) is 1.62. The van der Waals surface area contributed by atoms with Crippen molar-refractivity contribution in [1.82, 2.24) is 4.98 Å². The van der Waals surface area contributed by atoms with Crippen LogP contribution in [0.3, 0.4) is 0 Å². The summed E-state index contributed by atoms with van der Waals surface area (Å²) >= 11 is 1.81. The first-order chi connectivity index (χ1) is 7.34. The Labute approximate surface area is 94.4 Å². The Kier molecular flexibility index (Phi) is 2.33. The van der Waals surface area contributed by atoms with E-state index in [2.05, 4.69) is 5.38 Å². The number of hydrogen-bond donors (Lipinski definition) is 1. The minimum Gasteiger partial charge on any atom is -0.395 e. The van der Waals surface area contributed by atoms with Gasteiger partial charge in [0.2, 0.25) is 0 Å². The van der Waals surface area contributed by atoms with E-state index in [1.807, 2.05) is 0 Å². The maximum absolute atomic E-state index is 9.35. The molecule has 1 heterocycles. The van der Waals surface area contributed by atoms with Crippen LogP contribution in [0.5, 0.6) is 0 Å². The number of rotatable bonds is 3. The Hall–Kier alpha value is -0.410. The van der Waals surface area contributed by atoms with Gasteiger partial charge in [-0.05, 0) is 25.7 Å². The van der Waals surface area contributed by atoms with Crippen molar-refractivity contribution in [2.75, 3.05) is 6.61 Å². The van der Waals surface area contributed by atoms with Gasteiger partial charge in [0.25, 0.3) is 0 Å².